The third kappa shape index (κ3) is 2.56. The van der Waals surface area contributed by atoms with Gasteiger partial charge in [0.25, 0.3) is 0 Å². The predicted molar refractivity (Wildman–Crippen MR) is 80.2 cm³/mol. The largest absolute Gasteiger partial charge is 0.323 e. The maximum Gasteiger partial charge on any atom is 0.0456 e. The van der Waals surface area contributed by atoms with Crippen LogP contribution in [0.3, 0.4) is 0 Å². The van der Waals surface area contributed by atoms with Crippen LogP contribution in [0, 0.1) is 5.92 Å². The minimum absolute atomic E-state index is 0.186. The Hall–Kier alpha value is -0.860. The van der Waals surface area contributed by atoms with Gasteiger partial charge in [-0.25, -0.2) is 0 Å². The van der Waals surface area contributed by atoms with Crippen LogP contribution in [-0.2, 0) is 0 Å². The Morgan fingerprint density at radius 3 is 2.53 bits per heavy atom. The minimum atomic E-state index is 0.186. The highest BCUT2D eigenvalue weighted by atomic mass is 15.2. The molecule has 2 N–H and O–H groups in total. The Labute approximate surface area is 117 Å². The Balaban J connectivity index is 1.83. The summed E-state index contributed by atoms with van der Waals surface area (Å²) in [4.78, 5) is 2.63. The highest BCUT2D eigenvalue weighted by Crippen LogP contribution is 2.40. The van der Waals surface area contributed by atoms with Gasteiger partial charge in [-0.15, -0.1) is 0 Å². The first kappa shape index (κ1) is 13.1. The van der Waals surface area contributed by atoms with Crippen LogP contribution in [0.4, 0.5) is 0 Å². The summed E-state index contributed by atoms with van der Waals surface area (Å²) in [5.41, 5.74) is 9.43. The van der Waals surface area contributed by atoms with E-state index in [-0.39, 0.29) is 6.04 Å². The van der Waals surface area contributed by atoms with Crippen molar-refractivity contribution in [2.75, 3.05) is 13.1 Å². The summed E-state index contributed by atoms with van der Waals surface area (Å²) in [6.45, 7) is 7.01. The fourth-order valence-corrected chi connectivity index (χ4v) is 3.61. The van der Waals surface area contributed by atoms with Crippen LogP contribution in [0.2, 0.25) is 0 Å². The number of hydrogen-bond acceptors (Lipinski definition) is 2. The molecule has 2 nitrogen and oxygen atoms in total. The second kappa shape index (κ2) is 5.26. The molecule has 1 saturated carbocycles. The lowest BCUT2D eigenvalue weighted by Crippen LogP contribution is -2.46. The van der Waals surface area contributed by atoms with Crippen LogP contribution in [-0.4, -0.2) is 24.0 Å². The molecular weight excluding hydrogens is 232 g/mol. The van der Waals surface area contributed by atoms with Crippen LogP contribution in [0.5, 0.6) is 0 Å². The van der Waals surface area contributed by atoms with Gasteiger partial charge in [-0.2, -0.15) is 0 Å². The van der Waals surface area contributed by atoms with Crippen molar-refractivity contribution in [2.45, 2.75) is 51.1 Å². The molecule has 1 fully saturated rings. The average Bonchev–Trinajstić information content (AvgIpc) is 3.24. The maximum atomic E-state index is 6.58. The fraction of sp³-hybridized carbons (Fsp3) is 0.647. The van der Waals surface area contributed by atoms with Crippen molar-refractivity contribution >= 4 is 0 Å². The van der Waals surface area contributed by atoms with Crippen LogP contribution < -0.4 is 5.73 Å². The van der Waals surface area contributed by atoms with Crippen molar-refractivity contribution in [1.29, 1.82) is 0 Å². The number of hydrogen-bond donors (Lipinski definition) is 1. The molecule has 2 heteroatoms. The standard InChI is InChI=1S/C17H26N2/c1-3-19(11-13-8-9-13)16-10-12(2)14-6-4-5-7-15(14)17(16)18/h4-7,12-13,16-17H,3,8-11,18H2,1-2H3. The Kier molecular flexibility index (Phi) is 3.64. The number of rotatable bonds is 4. The van der Waals surface area contributed by atoms with Gasteiger partial charge in [0.05, 0.1) is 0 Å². The molecule has 0 heterocycles. The molecule has 0 spiro atoms. The third-order valence-corrected chi connectivity index (χ3v) is 4.96. The van der Waals surface area contributed by atoms with Crippen molar-refractivity contribution in [3.05, 3.63) is 35.4 Å². The Morgan fingerprint density at radius 2 is 1.89 bits per heavy atom. The lowest BCUT2D eigenvalue weighted by molar-refractivity contribution is 0.148. The van der Waals surface area contributed by atoms with Gasteiger partial charge in [0.15, 0.2) is 0 Å². The van der Waals surface area contributed by atoms with Gasteiger partial charge < -0.3 is 5.73 Å². The molecule has 2 aliphatic carbocycles. The van der Waals surface area contributed by atoms with E-state index in [1.54, 1.807) is 0 Å². The smallest absolute Gasteiger partial charge is 0.0456 e. The summed E-state index contributed by atoms with van der Waals surface area (Å²) in [5, 5.41) is 0. The molecule has 3 rings (SSSR count). The summed E-state index contributed by atoms with van der Waals surface area (Å²) >= 11 is 0. The van der Waals surface area contributed by atoms with E-state index in [1.165, 1.54) is 36.9 Å². The number of fused-ring (bicyclic) bond motifs is 1. The van der Waals surface area contributed by atoms with E-state index in [2.05, 4.69) is 43.0 Å². The third-order valence-electron chi connectivity index (χ3n) is 4.96. The summed E-state index contributed by atoms with van der Waals surface area (Å²) < 4.78 is 0. The van der Waals surface area contributed by atoms with Crippen LogP contribution in [0.15, 0.2) is 24.3 Å². The summed E-state index contributed by atoms with van der Waals surface area (Å²) in [5.74, 6) is 1.58. The molecule has 104 valence electrons. The molecule has 3 atom stereocenters. The first-order valence-corrected chi connectivity index (χ1v) is 7.79. The van der Waals surface area contributed by atoms with Gasteiger partial charge in [-0.05, 0) is 48.8 Å². The van der Waals surface area contributed by atoms with Crippen molar-refractivity contribution in [1.82, 2.24) is 4.90 Å². The quantitative estimate of drug-likeness (QED) is 0.898. The molecule has 0 radical (unpaired) electrons. The van der Waals surface area contributed by atoms with Crippen LogP contribution in [0.25, 0.3) is 0 Å². The zero-order valence-electron chi connectivity index (χ0n) is 12.2. The average molecular weight is 258 g/mol. The van der Waals surface area contributed by atoms with Crippen molar-refractivity contribution < 1.29 is 0 Å². The predicted octanol–water partition coefficient (Wildman–Crippen LogP) is 3.29. The van der Waals surface area contributed by atoms with E-state index in [0.29, 0.717) is 12.0 Å². The number of benzene rings is 1. The number of nitrogens with zero attached hydrogens (tertiary/aromatic N) is 1. The van der Waals surface area contributed by atoms with Gasteiger partial charge in [0.2, 0.25) is 0 Å². The zero-order valence-corrected chi connectivity index (χ0v) is 12.2. The second-order valence-electron chi connectivity index (χ2n) is 6.39. The van der Waals surface area contributed by atoms with Crippen molar-refractivity contribution in [2.24, 2.45) is 11.7 Å². The normalized spacial score (nSPS) is 30.4. The highest BCUT2D eigenvalue weighted by Gasteiger charge is 2.35. The molecule has 0 amide bonds. The zero-order chi connectivity index (χ0) is 13.4. The van der Waals surface area contributed by atoms with Crippen molar-refractivity contribution in [3.8, 4) is 0 Å². The Morgan fingerprint density at radius 1 is 1.21 bits per heavy atom. The molecule has 1 aromatic rings. The number of likely N-dealkylation sites (N-methyl/N-ethyl adjacent to an activating group) is 1. The number of nitrogens with two attached hydrogens (primary N) is 1. The van der Waals surface area contributed by atoms with Crippen molar-refractivity contribution in [3.63, 3.8) is 0 Å². The van der Waals surface area contributed by atoms with E-state index in [1.807, 2.05) is 0 Å². The molecule has 0 aromatic heterocycles. The lowest BCUT2D eigenvalue weighted by Gasteiger charge is -2.41. The summed E-state index contributed by atoms with van der Waals surface area (Å²) in [6.07, 6.45) is 4.05. The molecule has 0 aliphatic heterocycles. The molecule has 1 aromatic carbocycles. The van der Waals surface area contributed by atoms with Gasteiger partial charge >= 0.3 is 0 Å². The SMILES string of the molecule is CCN(CC1CC1)C1CC(C)c2ccccc2C1N. The Bertz CT molecular complexity index is 439. The van der Waals surface area contributed by atoms with E-state index in [4.69, 9.17) is 5.73 Å². The minimum Gasteiger partial charge on any atom is -0.323 e. The van der Waals surface area contributed by atoms with Gasteiger partial charge in [-0.1, -0.05) is 38.1 Å². The topological polar surface area (TPSA) is 29.3 Å². The molecule has 3 unspecified atom stereocenters. The van der Waals surface area contributed by atoms with Gasteiger partial charge in [0, 0.05) is 18.6 Å². The van der Waals surface area contributed by atoms with Gasteiger partial charge in [0.1, 0.15) is 0 Å². The highest BCUT2D eigenvalue weighted by molar-refractivity contribution is 5.36. The molecule has 2 aliphatic rings. The summed E-state index contributed by atoms with van der Waals surface area (Å²) in [7, 11) is 0. The second-order valence-corrected chi connectivity index (χ2v) is 6.39. The first-order chi connectivity index (χ1) is 9.20. The monoisotopic (exact) mass is 258 g/mol. The van der Waals surface area contributed by atoms with Crippen LogP contribution in [0.1, 0.15) is 56.2 Å². The fourth-order valence-electron chi connectivity index (χ4n) is 3.61. The van der Waals surface area contributed by atoms with E-state index in [9.17, 15) is 0 Å². The van der Waals surface area contributed by atoms with E-state index in [0.717, 1.165) is 12.5 Å². The molecule has 0 saturated heterocycles. The van der Waals surface area contributed by atoms with Crippen LogP contribution >= 0.6 is 0 Å². The maximum absolute atomic E-state index is 6.58. The molecule has 0 bridgehead atoms. The van der Waals surface area contributed by atoms with E-state index < -0.39 is 0 Å². The molecule has 19 heavy (non-hydrogen) atoms. The summed E-state index contributed by atoms with van der Waals surface area (Å²) in [6, 6.07) is 9.47. The lowest BCUT2D eigenvalue weighted by atomic mass is 9.77. The van der Waals surface area contributed by atoms with E-state index >= 15 is 0 Å². The first-order valence-electron chi connectivity index (χ1n) is 7.79. The van der Waals surface area contributed by atoms with Gasteiger partial charge in [-0.3, -0.25) is 4.90 Å². The molecular formula is C17H26N2.